The Bertz CT molecular complexity index is 867. The van der Waals surface area contributed by atoms with Crippen molar-refractivity contribution in [3.63, 3.8) is 0 Å². The Morgan fingerprint density at radius 3 is 2.31 bits per heavy atom. The normalized spacial score (nSPS) is 19.1. The van der Waals surface area contributed by atoms with Gasteiger partial charge >= 0.3 is 11.9 Å². The zero-order chi connectivity index (χ0) is 18.9. The molecule has 0 saturated carbocycles. The average molecular weight is 371 g/mol. The van der Waals surface area contributed by atoms with Crippen LogP contribution in [-0.2, 0) is 14.3 Å². The number of esters is 2. The lowest BCUT2D eigenvalue weighted by Crippen LogP contribution is -2.37. The standard InChI is InChI=1S/C21H19ClO4/c1-13-17(25-20(24)15-7-5-4-6-8-15)21(2,3)18(26-19(13)23)14-9-11-16(22)12-10-14/h4-12,18H,1-3H3/t18-/m1/s1. The van der Waals surface area contributed by atoms with E-state index in [0.717, 1.165) is 5.56 Å². The Morgan fingerprint density at radius 1 is 1.08 bits per heavy atom. The minimum Gasteiger partial charge on any atom is -0.453 e. The van der Waals surface area contributed by atoms with Gasteiger partial charge in [0.2, 0.25) is 0 Å². The molecule has 0 bridgehead atoms. The van der Waals surface area contributed by atoms with E-state index in [1.54, 1.807) is 55.5 Å². The number of ether oxygens (including phenoxy) is 2. The van der Waals surface area contributed by atoms with Gasteiger partial charge in [0.05, 0.1) is 16.6 Å². The van der Waals surface area contributed by atoms with E-state index >= 15 is 0 Å². The third kappa shape index (κ3) is 3.37. The zero-order valence-corrected chi connectivity index (χ0v) is 15.5. The van der Waals surface area contributed by atoms with Crippen LogP contribution in [0.2, 0.25) is 5.02 Å². The van der Waals surface area contributed by atoms with Gasteiger partial charge in [-0.1, -0.05) is 41.9 Å². The van der Waals surface area contributed by atoms with Crippen LogP contribution in [0.25, 0.3) is 0 Å². The number of benzene rings is 2. The predicted octanol–water partition coefficient (Wildman–Crippen LogP) is 5.10. The van der Waals surface area contributed by atoms with Crippen LogP contribution in [-0.4, -0.2) is 11.9 Å². The lowest BCUT2D eigenvalue weighted by atomic mass is 9.77. The third-order valence-corrected chi connectivity index (χ3v) is 4.74. The van der Waals surface area contributed by atoms with E-state index in [2.05, 4.69) is 0 Å². The fraction of sp³-hybridized carbons (Fsp3) is 0.238. The number of cyclic esters (lactones) is 1. The van der Waals surface area contributed by atoms with E-state index in [-0.39, 0.29) is 0 Å². The molecule has 2 aromatic carbocycles. The first-order valence-corrected chi connectivity index (χ1v) is 8.63. The Morgan fingerprint density at radius 2 is 1.69 bits per heavy atom. The monoisotopic (exact) mass is 370 g/mol. The van der Waals surface area contributed by atoms with E-state index in [4.69, 9.17) is 21.1 Å². The Hall–Kier alpha value is -2.59. The number of carbonyl (C=O) groups is 2. The van der Waals surface area contributed by atoms with E-state index in [0.29, 0.717) is 21.9 Å². The van der Waals surface area contributed by atoms with E-state index in [9.17, 15) is 9.59 Å². The van der Waals surface area contributed by atoms with Gasteiger partial charge in [-0.3, -0.25) is 0 Å². The molecule has 134 valence electrons. The summed E-state index contributed by atoms with van der Waals surface area (Å²) in [4.78, 5) is 24.9. The van der Waals surface area contributed by atoms with Gasteiger partial charge in [0.1, 0.15) is 11.9 Å². The molecule has 0 N–H and O–H groups in total. The first-order valence-electron chi connectivity index (χ1n) is 8.25. The third-order valence-electron chi connectivity index (χ3n) is 4.49. The maximum atomic E-state index is 12.5. The maximum Gasteiger partial charge on any atom is 0.343 e. The molecule has 0 fully saturated rings. The van der Waals surface area contributed by atoms with Crippen molar-refractivity contribution in [3.8, 4) is 0 Å². The quantitative estimate of drug-likeness (QED) is 0.706. The van der Waals surface area contributed by atoms with Gasteiger partial charge < -0.3 is 9.47 Å². The molecule has 1 atom stereocenters. The van der Waals surface area contributed by atoms with Gasteiger partial charge in [-0.15, -0.1) is 0 Å². The lowest BCUT2D eigenvalue weighted by Gasteiger charge is -2.39. The molecule has 1 heterocycles. The van der Waals surface area contributed by atoms with E-state index in [1.165, 1.54) is 0 Å². The molecule has 0 amide bonds. The van der Waals surface area contributed by atoms with Crippen LogP contribution < -0.4 is 0 Å². The summed E-state index contributed by atoms with van der Waals surface area (Å²) < 4.78 is 11.3. The molecule has 0 aliphatic carbocycles. The molecule has 26 heavy (non-hydrogen) atoms. The van der Waals surface area contributed by atoms with Crippen LogP contribution in [0.15, 0.2) is 65.9 Å². The minimum atomic E-state index is -0.726. The highest BCUT2D eigenvalue weighted by Crippen LogP contribution is 2.48. The molecule has 2 aromatic rings. The molecule has 0 radical (unpaired) electrons. The number of hydrogen-bond acceptors (Lipinski definition) is 4. The summed E-state index contributed by atoms with van der Waals surface area (Å²) in [6, 6.07) is 15.8. The molecule has 0 unspecified atom stereocenters. The minimum absolute atomic E-state index is 0.296. The van der Waals surface area contributed by atoms with Crippen LogP contribution in [0.5, 0.6) is 0 Å². The summed E-state index contributed by atoms with van der Waals surface area (Å²) >= 11 is 5.95. The van der Waals surface area contributed by atoms with E-state index in [1.807, 2.05) is 19.9 Å². The van der Waals surface area contributed by atoms with Gasteiger partial charge in [-0.05, 0) is 50.6 Å². The van der Waals surface area contributed by atoms with Crippen molar-refractivity contribution in [2.24, 2.45) is 5.41 Å². The summed E-state index contributed by atoms with van der Waals surface area (Å²) in [7, 11) is 0. The highest BCUT2D eigenvalue weighted by molar-refractivity contribution is 6.30. The first-order chi connectivity index (χ1) is 12.3. The molecule has 0 aromatic heterocycles. The second kappa shape index (κ2) is 6.96. The summed E-state index contributed by atoms with van der Waals surface area (Å²) in [5, 5.41) is 0.594. The van der Waals surface area contributed by atoms with Gasteiger partial charge in [-0.2, -0.15) is 0 Å². The molecule has 1 aliphatic heterocycles. The SMILES string of the molecule is CC1=C(OC(=O)c2ccccc2)C(C)(C)[C@@H](c2ccc(Cl)cc2)OC1=O. The second-order valence-corrected chi connectivity index (χ2v) is 7.20. The van der Waals surface area contributed by atoms with Gasteiger partial charge in [0.25, 0.3) is 0 Å². The smallest absolute Gasteiger partial charge is 0.343 e. The lowest BCUT2D eigenvalue weighted by molar-refractivity contribution is -0.155. The van der Waals surface area contributed by atoms with Crippen molar-refractivity contribution in [1.82, 2.24) is 0 Å². The van der Waals surface area contributed by atoms with Crippen molar-refractivity contribution in [3.05, 3.63) is 82.1 Å². The van der Waals surface area contributed by atoms with Crippen LogP contribution >= 0.6 is 11.6 Å². The Labute approximate surface area is 157 Å². The summed E-state index contributed by atoms with van der Waals surface area (Å²) in [5.41, 5.74) is 0.777. The molecule has 0 spiro atoms. The van der Waals surface area contributed by atoms with Crippen molar-refractivity contribution in [2.45, 2.75) is 26.9 Å². The summed E-state index contributed by atoms with van der Waals surface area (Å²) in [5.74, 6) is -0.680. The van der Waals surface area contributed by atoms with Crippen molar-refractivity contribution < 1.29 is 19.1 Å². The fourth-order valence-electron chi connectivity index (χ4n) is 3.09. The number of halogens is 1. The van der Waals surface area contributed by atoms with Crippen LogP contribution in [0, 0.1) is 5.41 Å². The molecule has 3 rings (SSSR count). The zero-order valence-electron chi connectivity index (χ0n) is 14.8. The predicted molar refractivity (Wildman–Crippen MR) is 98.6 cm³/mol. The Balaban J connectivity index is 1.97. The van der Waals surface area contributed by atoms with Crippen molar-refractivity contribution in [1.29, 1.82) is 0 Å². The summed E-state index contributed by atoms with van der Waals surface area (Å²) in [6.07, 6.45) is -0.588. The second-order valence-electron chi connectivity index (χ2n) is 6.77. The van der Waals surface area contributed by atoms with Gasteiger partial charge in [0, 0.05) is 5.02 Å². The number of rotatable bonds is 3. The van der Waals surface area contributed by atoms with E-state index < -0.39 is 23.5 Å². The van der Waals surface area contributed by atoms with Crippen LogP contribution in [0.1, 0.15) is 42.8 Å². The topological polar surface area (TPSA) is 52.6 Å². The molecule has 0 saturated heterocycles. The highest BCUT2D eigenvalue weighted by Gasteiger charge is 2.46. The molecular formula is C21H19ClO4. The maximum absolute atomic E-state index is 12.5. The highest BCUT2D eigenvalue weighted by atomic mass is 35.5. The van der Waals surface area contributed by atoms with Gasteiger partial charge in [-0.25, -0.2) is 9.59 Å². The number of hydrogen-bond donors (Lipinski definition) is 0. The van der Waals surface area contributed by atoms with Crippen molar-refractivity contribution in [2.75, 3.05) is 0 Å². The Kier molecular flexibility index (Phi) is 4.88. The first kappa shape index (κ1) is 18.2. The molecule has 4 nitrogen and oxygen atoms in total. The fourth-order valence-corrected chi connectivity index (χ4v) is 3.22. The largest absolute Gasteiger partial charge is 0.453 e. The van der Waals surface area contributed by atoms with Gasteiger partial charge in [0.15, 0.2) is 0 Å². The number of carbonyl (C=O) groups excluding carboxylic acids is 2. The molecule has 1 aliphatic rings. The molecule has 5 heteroatoms. The van der Waals surface area contributed by atoms with Crippen LogP contribution in [0.4, 0.5) is 0 Å². The summed E-state index contributed by atoms with van der Waals surface area (Å²) in [6.45, 7) is 5.38. The van der Waals surface area contributed by atoms with Crippen LogP contribution in [0.3, 0.4) is 0 Å². The average Bonchev–Trinajstić information content (AvgIpc) is 2.63. The molecular weight excluding hydrogens is 352 g/mol. The van der Waals surface area contributed by atoms with Crippen molar-refractivity contribution >= 4 is 23.5 Å².